The van der Waals surface area contributed by atoms with Crippen LogP contribution in [0.4, 0.5) is 0 Å². The Bertz CT molecular complexity index is 560. The van der Waals surface area contributed by atoms with Crippen LogP contribution in [0.1, 0.15) is 35.9 Å². The summed E-state index contributed by atoms with van der Waals surface area (Å²) in [4.78, 5) is 12.2. The first-order valence-electron chi connectivity index (χ1n) is 5.89. The normalized spacial score (nSPS) is 10.9. The molecule has 3 nitrogen and oxygen atoms in total. The number of benzene rings is 1. The minimum absolute atomic E-state index is 0.119. The van der Waals surface area contributed by atoms with Crippen molar-refractivity contribution in [1.82, 2.24) is 9.78 Å². The van der Waals surface area contributed by atoms with Crippen LogP contribution in [0.25, 0.3) is 0 Å². The second kappa shape index (κ2) is 5.65. The molecule has 2 aromatic rings. The van der Waals surface area contributed by atoms with Gasteiger partial charge >= 0.3 is 0 Å². The fraction of sp³-hybridized carbons (Fsp3) is 0.286. The van der Waals surface area contributed by atoms with Crippen LogP contribution in [-0.4, -0.2) is 15.6 Å². The average Bonchev–Trinajstić information content (AvgIpc) is 2.78. The van der Waals surface area contributed by atoms with E-state index < -0.39 is 0 Å². The van der Waals surface area contributed by atoms with Crippen LogP contribution in [-0.2, 0) is 6.42 Å². The third-order valence-electron chi connectivity index (χ3n) is 2.71. The molecule has 0 atom stereocenters. The first-order chi connectivity index (χ1) is 8.58. The number of carbonyl (C=O) groups excluding carboxylic acids is 1. The van der Waals surface area contributed by atoms with Crippen molar-refractivity contribution < 1.29 is 4.79 Å². The number of Topliss-reactive ketones (excluding diaryl/α,β-unsaturated/α-hetero) is 1. The van der Waals surface area contributed by atoms with Gasteiger partial charge in [-0.15, -0.1) is 0 Å². The van der Waals surface area contributed by atoms with E-state index in [4.69, 9.17) is 0 Å². The summed E-state index contributed by atoms with van der Waals surface area (Å²) >= 11 is 2.19. The minimum atomic E-state index is 0.119. The Labute approximate surface area is 120 Å². The van der Waals surface area contributed by atoms with Crippen LogP contribution in [0.3, 0.4) is 0 Å². The van der Waals surface area contributed by atoms with Crippen molar-refractivity contribution in [3.8, 4) is 0 Å². The number of halogens is 1. The van der Waals surface area contributed by atoms with Crippen molar-refractivity contribution in [2.75, 3.05) is 0 Å². The summed E-state index contributed by atoms with van der Waals surface area (Å²) in [5.41, 5.74) is 1.60. The summed E-state index contributed by atoms with van der Waals surface area (Å²) < 4.78 is 2.86. The number of hydrogen-bond acceptors (Lipinski definition) is 2. The standard InChI is InChI=1S/C14H15IN2O/c1-10(2)17-8-7-11(16-17)9-14(18)12-5-3-4-6-13(12)15/h3-8,10H,9H2,1-2H3. The van der Waals surface area contributed by atoms with Gasteiger partial charge in [-0.2, -0.15) is 5.10 Å². The van der Waals surface area contributed by atoms with E-state index in [0.29, 0.717) is 12.5 Å². The number of rotatable bonds is 4. The molecule has 2 rings (SSSR count). The molecule has 4 heteroatoms. The lowest BCUT2D eigenvalue weighted by atomic mass is 10.1. The van der Waals surface area contributed by atoms with Crippen molar-refractivity contribution in [1.29, 1.82) is 0 Å². The number of carbonyl (C=O) groups is 1. The third kappa shape index (κ3) is 2.98. The Morgan fingerprint density at radius 3 is 2.67 bits per heavy atom. The molecule has 0 saturated carbocycles. The molecular weight excluding hydrogens is 339 g/mol. The van der Waals surface area contributed by atoms with E-state index in [1.54, 1.807) is 0 Å². The quantitative estimate of drug-likeness (QED) is 0.622. The monoisotopic (exact) mass is 354 g/mol. The third-order valence-corrected chi connectivity index (χ3v) is 3.65. The predicted octanol–water partition coefficient (Wildman–Crippen LogP) is 3.49. The zero-order valence-corrected chi connectivity index (χ0v) is 12.6. The Morgan fingerprint density at radius 2 is 2.06 bits per heavy atom. The van der Waals surface area contributed by atoms with Gasteiger partial charge < -0.3 is 0 Å². The maximum atomic E-state index is 12.2. The second-order valence-corrected chi connectivity index (χ2v) is 5.62. The predicted molar refractivity (Wildman–Crippen MR) is 79.8 cm³/mol. The summed E-state index contributed by atoms with van der Waals surface area (Å²) in [5.74, 6) is 0.119. The molecule has 1 aromatic heterocycles. The van der Waals surface area contributed by atoms with Gasteiger partial charge in [0.1, 0.15) is 0 Å². The van der Waals surface area contributed by atoms with E-state index in [1.807, 2.05) is 41.2 Å². The zero-order valence-electron chi connectivity index (χ0n) is 10.4. The first-order valence-corrected chi connectivity index (χ1v) is 6.97. The number of ketones is 1. The number of nitrogens with zero attached hydrogens (tertiary/aromatic N) is 2. The molecule has 1 heterocycles. The van der Waals surface area contributed by atoms with Crippen LogP contribution in [0.5, 0.6) is 0 Å². The van der Waals surface area contributed by atoms with Crippen LogP contribution >= 0.6 is 22.6 Å². The van der Waals surface area contributed by atoms with E-state index in [1.165, 1.54) is 0 Å². The Balaban J connectivity index is 2.14. The van der Waals surface area contributed by atoms with Crippen LogP contribution in [0.15, 0.2) is 36.5 Å². The van der Waals surface area contributed by atoms with E-state index in [9.17, 15) is 4.79 Å². The second-order valence-electron chi connectivity index (χ2n) is 4.46. The molecule has 1 aromatic carbocycles. The molecule has 0 spiro atoms. The molecular formula is C14H15IN2O. The molecule has 0 radical (unpaired) electrons. The fourth-order valence-corrected chi connectivity index (χ4v) is 2.39. The SMILES string of the molecule is CC(C)n1ccc(CC(=O)c2ccccc2I)n1. The first kappa shape index (κ1) is 13.3. The van der Waals surface area contributed by atoms with E-state index >= 15 is 0 Å². The highest BCUT2D eigenvalue weighted by Gasteiger charge is 2.12. The summed E-state index contributed by atoms with van der Waals surface area (Å²) in [6.45, 7) is 4.14. The highest BCUT2D eigenvalue weighted by Crippen LogP contribution is 2.14. The topological polar surface area (TPSA) is 34.9 Å². The van der Waals surface area contributed by atoms with Gasteiger partial charge in [0, 0.05) is 21.4 Å². The number of hydrogen-bond donors (Lipinski definition) is 0. The number of aromatic nitrogens is 2. The van der Waals surface area contributed by atoms with E-state index in [-0.39, 0.29) is 5.78 Å². The molecule has 0 N–H and O–H groups in total. The summed E-state index contributed by atoms with van der Waals surface area (Å²) in [6.07, 6.45) is 2.28. The molecule has 0 aliphatic carbocycles. The van der Waals surface area contributed by atoms with Gasteiger partial charge in [0.25, 0.3) is 0 Å². The molecule has 0 fully saturated rings. The summed E-state index contributed by atoms with van der Waals surface area (Å²) in [6, 6.07) is 9.87. The Morgan fingerprint density at radius 1 is 1.33 bits per heavy atom. The van der Waals surface area contributed by atoms with Crippen LogP contribution < -0.4 is 0 Å². The lowest BCUT2D eigenvalue weighted by Crippen LogP contribution is -2.07. The van der Waals surface area contributed by atoms with Crippen LogP contribution in [0.2, 0.25) is 0 Å². The Kier molecular flexibility index (Phi) is 4.16. The highest BCUT2D eigenvalue weighted by molar-refractivity contribution is 14.1. The summed E-state index contributed by atoms with van der Waals surface area (Å²) in [5, 5.41) is 4.40. The van der Waals surface area contributed by atoms with Gasteiger partial charge in [0.05, 0.1) is 12.1 Å². The van der Waals surface area contributed by atoms with E-state index in [2.05, 4.69) is 41.5 Å². The maximum absolute atomic E-state index is 12.2. The van der Waals surface area contributed by atoms with Crippen LogP contribution in [0, 0.1) is 3.57 Å². The van der Waals surface area contributed by atoms with Gasteiger partial charge in [-0.1, -0.05) is 18.2 Å². The van der Waals surface area contributed by atoms with Gasteiger partial charge in [0.2, 0.25) is 0 Å². The molecule has 0 aliphatic rings. The lowest BCUT2D eigenvalue weighted by Gasteiger charge is -2.04. The average molecular weight is 354 g/mol. The van der Waals surface area contributed by atoms with Crippen molar-refractivity contribution in [3.05, 3.63) is 51.4 Å². The van der Waals surface area contributed by atoms with Gasteiger partial charge in [-0.05, 0) is 48.6 Å². The molecule has 0 bridgehead atoms. The van der Waals surface area contributed by atoms with Crippen molar-refractivity contribution in [2.24, 2.45) is 0 Å². The van der Waals surface area contributed by atoms with Gasteiger partial charge in [-0.3, -0.25) is 9.48 Å². The zero-order chi connectivity index (χ0) is 13.1. The lowest BCUT2D eigenvalue weighted by molar-refractivity contribution is 0.0991. The van der Waals surface area contributed by atoms with Crippen molar-refractivity contribution in [3.63, 3.8) is 0 Å². The minimum Gasteiger partial charge on any atom is -0.294 e. The Hall–Kier alpha value is -1.17. The van der Waals surface area contributed by atoms with Gasteiger partial charge in [0.15, 0.2) is 5.78 Å². The maximum Gasteiger partial charge on any atom is 0.169 e. The smallest absolute Gasteiger partial charge is 0.169 e. The van der Waals surface area contributed by atoms with Crippen molar-refractivity contribution in [2.45, 2.75) is 26.3 Å². The fourth-order valence-electron chi connectivity index (χ4n) is 1.71. The molecule has 18 heavy (non-hydrogen) atoms. The largest absolute Gasteiger partial charge is 0.294 e. The highest BCUT2D eigenvalue weighted by atomic mass is 127. The summed E-state index contributed by atoms with van der Waals surface area (Å²) in [7, 11) is 0. The van der Waals surface area contributed by atoms with Gasteiger partial charge in [-0.25, -0.2) is 0 Å². The molecule has 0 aliphatic heterocycles. The molecule has 94 valence electrons. The van der Waals surface area contributed by atoms with E-state index in [0.717, 1.165) is 14.8 Å². The molecule has 0 unspecified atom stereocenters. The van der Waals surface area contributed by atoms with Crippen molar-refractivity contribution >= 4 is 28.4 Å². The molecule has 0 saturated heterocycles. The molecule has 0 amide bonds.